The molecular formula is C14H11F3N4O2. The second-order valence-corrected chi connectivity index (χ2v) is 5.12. The van der Waals surface area contributed by atoms with Crippen molar-refractivity contribution in [3.05, 3.63) is 29.6 Å². The summed E-state index contributed by atoms with van der Waals surface area (Å²) in [5.41, 5.74) is 5.78. The first kappa shape index (κ1) is 15.1. The van der Waals surface area contributed by atoms with Crippen molar-refractivity contribution >= 4 is 33.7 Å². The molecule has 0 amide bonds. The third kappa shape index (κ3) is 2.33. The number of alkyl halides is 3. The number of aromatic nitrogens is 3. The molecule has 0 unspecified atom stereocenters. The smallest absolute Gasteiger partial charge is 0.416 e. The molecule has 2 aromatic heterocycles. The van der Waals surface area contributed by atoms with E-state index < -0.39 is 24.3 Å². The molecule has 23 heavy (non-hydrogen) atoms. The topological polar surface area (TPSA) is 94.0 Å². The first-order chi connectivity index (χ1) is 10.7. The van der Waals surface area contributed by atoms with Crippen LogP contribution in [0.2, 0.25) is 0 Å². The van der Waals surface area contributed by atoms with Crippen LogP contribution in [-0.2, 0) is 17.5 Å². The summed E-state index contributed by atoms with van der Waals surface area (Å²) >= 11 is 0. The fraction of sp³-hybridized carbons (Fsp3) is 0.214. The molecule has 0 spiro atoms. The number of benzene rings is 1. The van der Waals surface area contributed by atoms with E-state index in [4.69, 9.17) is 10.8 Å². The largest absolute Gasteiger partial charge is 0.480 e. The highest BCUT2D eigenvalue weighted by Crippen LogP contribution is 2.38. The minimum Gasteiger partial charge on any atom is -0.480 e. The molecule has 0 saturated carbocycles. The van der Waals surface area contributed by atoms with Gasteiger partial charge in [0.1, 0.15) is 24.3 Å². The van der Waals surface area contributed by atoms with Gasteiger partial charge < -0.3 is 15.4 Å². The maximum Gasteiger partial charge on any atom is 0.416 e. The summed E-state index contributed by atoms with van der Waals surface area (Å²) in [5, 5.41) is 9.48. The summed E-state index contributed by atoms with van der Waals surface area (Å²) < 4.78 is 40.5. The molecule has 0 atom stereocenters. The van der Waals surface area contributed by atoms with Crippen molar-refractivity contribution in [2.24, 2.45) is 0 Å². The molecule has 1 aromatic carbocycles. The SMILES string of the molecule is Cc1cc(C(F)(F)F)cc2c3c(N)ncnc3n(CC(=O)O)c12. The Balaban J connectivity index is 2.51. The van der Waals surface area contributed by atoms with Crippen molar-refractivity contribution in [2.75, 3.05) is 5.73 Å². The third-order valence-electron chi connectivity index (χ3n) is 3.57. The van der Waals surface area contributed by atoms with Gasteiger partial charge in [-0.05, 0) is 24.6 Å². The number of carbonyl (C=O) groups is 1. The number of hydrogen-bond acceptors (Lipinski definition) is 4. The number of carboxylic acid groups (broad SMARTS) is 1. The number of rotatable bonds is 2. The maximum atomic E-state index is 13.0. The second kappa shape index (κ2) is 4.83. The summed E-state index contributed by atoms with van der Waals surface area (Å²) in [5.74, 6) is -1.14. The lowest BCUT2D eigenvalue weighted by Crippen LogP contribution is -2.10. The van der Waals surface area contributed by atoms with Crippen LogP contribution in [0.1, 0.15) is 11.1 Å². The highest BCUT2D eigenvalue weighted by molar-refractivity contribution is 6.12. The molecule has 0 aliphatic heterocycles. The van der Waals surface area contributed by atoms with E-state index in [9.17, 15) is 18.0 Å². The molecule has 3 rings (SSSR count). The van der Waals surface area contributed by atoms with E-state index >= 15 is 0 Å². The van der Waals surface area contributed by atoms with Gasteiger partial charge in [0.25, 0.3) is 0 Å². The zero-order valence-electron chi connectivity index (χ0n) is 11.8. The molecule has 9 heteroatoms. The minimum atomic E-state index is -4.52. The van der Waals surface area contributed by atoms with E-state index in [0.29, 0.717) is 5.52 Å². The lowest BCUT2D eigenvalue weighted by atomic mass is 10.1. The summed E-state index contributed by atoms with van der Waals surface area (Å²) in [7, 11) is 0. The van der Waals surface area contributed by atoms with Crippen molar-refractivity contribution in [1.29, 1.82) is 0 Å². The molecule has 6 nitrogen and oxygen atoms in total. The normalized spacial score (nSPS) is 12.2. The lowest BCUT2D eigenvalue weighted by molar-refractivity contribution is -0.138. The first-order valence-electron chi connectivity index (χ1n) is 6.52. The van der Waals surface area contributed by atoms with Crippen molar-refractivity contribution in [3.8, 4) is 0 Å². The van der Waals surface area contributed by atoms with Gasteiger partial charge in [-0.15, -0.1) is 0 Å². The number of anilines is 1. The van der Waals surface area contributed by atoms with E-state index in [2.05, 4.69) is 9.97 Å². The van der Waals surface area contributed by atoms with Crippen LogP contribution in [0.25, 0.3) is 21.9 Å². The molecule has 0 bridgehead atoms. The van der Waals surface area contributed by atoms with Crippen LogP contribution in [0.5, 0.6) is 0 Å². The quantitative estimate of drug-likeness (QED) is 0.755. The number of aryl methyl sites for hydroxylation is 1. The Bertz CT molecular complexity index is 947. The van der Waals surface area contributed by atoms with Crippen LogP contribution in [0, 0.1) is 6.92 Å². The van der Waals surface area contributed by atoms with Crippen LogP contribution in [-0.4, -0.2) is 25.6 Å². The molecule has 120 valence electrons. The van der Waals surface area contributed by atoms with Gasteiger partial charge in [0.2, 0.25) is 0 Å². The van der Waals surface area contributed by atoms with E-state index in [1.165, 1.54) is 11.5 Å². The summed E-state index contributed by atoms with van der Waals surface area (Å²) in [6, 6.07) is 1.92. The van der Waals surface area contributed by atoms with E-state index in [0.717, 1.165) is 18.5 Å². The average molecular weight is 324 g/mol. The fourth-order valence-corrected chi connectivity index (χ4v) is 2.74. The van der Waals surface area contributed by atoms with E-state index in [1.54, 1.807) is 0 Å². The van der Waals surface area contributed by atoms with Gasteiger partial charge in [0, 0.05) is 5.39 Å². The van der Waals surface area contributed by atoms with Crippen molar-refractivity contribution in [2.45, 2.75) is 19.6 Å². The lowest BCUT2D eigenvalue weighted by Gasteiger charge is -2.10. The Morgan fingerprint density at radius 1 is 1.35 bits per heavy atom. The molecule has 2 heterocycles. The van der Waals surface area contributed by atoms with Crippen molar-refractivity contribution in [3.63, 3.8) is 0 Å². The van der Waals surface area contributed by atoms with Gasteiger partial charge in [-0.25, -0.2) is 9.97 Å². The third-order valence-corrected chi connectivity index (χ3v) is 3.57. The predicted octanol–water partition coefficient (Wildman–Crippen LogP) is 2.58. The number of nitrogens with zero attached hydrogens (tertiary/aromatic N) is 3. The second-order valence-electron chi connectivity index (χ2n) is 5.12. The fourth-order valence-electron chi connectivity index (χ4n) is 2.74. The van der Waals surface area contributed by atoms with Crippen molar-refractivity contribution in [1.82, 2.24) is 14.5 Å². The highest BCUT2D eigenvalue weighted by Gasteiger charge is 2.32. The van der Waals surface area contributed by atoms with Gasteiger partial charge >= 0.3 is 12.1 Å². The van der Waals surface area contributed by atoms with E-state index in [1.807, 2.05) is 0 Å². The molecule has 0 radical (unpaired) electrons. The Kier molecular flexibility index (Phi) is 3.17. The average Bonchev–Trinajstić information content (AvgIpc) is 2.73. The molecule has 0 aliphatic rings. The Hall–Kier alpha value is -2.84. The monoisotopic (exact) mass is 324 g/mol. The number of hydrogen-bond donors (Lipinski definition) is 2. The summed E-state index contributed by atoms with van der Waals surface area (Å²) in [6.45, 7) is 1.04. The van der Waals surface area contributed by atoms with Gasteiger partial charge in [-0.1, -0.05) is 0 Å². The molecule has 3 N–H and O–H groups in total. The predicted molar refractivity (Wildman–Crippen MR) is 76.8 cm³/mol. The number of carboxylic acids is 1. The Labute approximate surface area is 127 Å². The molecule has 0 fully saturated rings. The maximum absolute atomic E-state index is 13.0. The molecular weight excluding hydrogens is 313 g/mol. The first-order valence-corrected chi connectivity index (χ1v) is 6.52. The molecule has 0 aliphatic carbocycles. The van der Waals surface area contributed by atoms with Crippen LogP contribution in [0.4, 0.5) is 19.0 Å². The number of nitrogen functional groups attached to an aromatic ring is 1. The van der Waals surface area contributed by atoms with Crippen LogP contribution >= 0.6 is 0 Å². The Morgan fingerprint density at radius 2 is 2.04 bits per heavy atom. The van der Waals surface area contributed by atoms with E-state index in [-0.39, 0.29) is 27.8 Å². The summed E-state index contributed by atoms with van der Waals surface area (Å²) in [4.78, 5) is 18.9. The standard InChI is InChI=1S/C14H11F3N4O2/c1-6-2-7(14(15,16)17)3-8-10-12(18)19-5-20-13(10)21(11(6)8)4-9(22)23/h2-3,5H,4H2,1H3,(H,22,23)(H2,18,19,20). The zero-order valence-corrected chi connectivity index (χ0v) is 11.8. The number of halogens is 3. The minimum absolute atomic E-state index is 0.00265. The van der Waals surface area contributed by atoms with Gasteiger partial charge in [-0.2, -0.15) is 13.2 Å². The summed E-state index contributed by atoms with van der Waals surface area (Å²) in [6.07, 6.45) is -3.38. The Morgan fingerprint density at radius 3 is 2.65 bits per heavy atom. The van der Waals surface area contributed by atoms with Crippen molar-refractivity contribution < 1.29 is 23.1 Å². The molecule has 3 aromatic rings. The highest BCUT2D eigenvalue weighted by atomic mass is 19.4. The zero-order chi connectivity index (χ0) is 16.9. The van der Waals surface area contributed by atoms with Crippen LogP contribution in [0.15, 0.2) is 18.5 Å². The van der Waals surface area contributed by atoms with Gasteiger partial charge in [-0.3, -0.25) is 4.79 Å². The van der Waals surface area contributed by atoms with Gasteiger partial charge in [0.05, 0.1) is 16.5 Å². The molecule has 0 saturated heterocycles. The number of nitrogens with two attached hydrogens (primary N) is 1. The van der Waals surface area contributed by atoms with Crippen LogP contribution < -0.4 is 5.73 Å². The van der Waals surface area contributed by atoms with Crippen LogP contribution in [0.3, 0.4) is 0 Å². The number of fused-ring (bicyclic) bond motifs is 3. The van der Waals surface area contributed by atoms with Gasteiger partial charge in [0.15, 0.2) is 0 Å². The number of aliphatic carboxylic acids is 1.